The molecule has 15 heteroatoms. The molecule has 0 saturated carbocycles. The zero-order chi connectivity index (χ0) is 77.2. The van der Waals surface area contributed by atoms with E-state index < -0.39 is 18.3 Å². The van der Waals surface area contributed by atoms with Crippen molar-refractivity contribution in [3.05, 3.63) is 374 Å². The molecule has 20 aromatic rings. The van der Waals surface area contributed by atoms with E-state index >= 15 is 0 Å². The molecule has 1 aliphatic rings. The quantitative estimate of drug-likeness (QED) is 0.0579. The fraction of sp³-hybridized carbons (Fsp3) is 0.0693. The SMILES string of the molecule is C.CC1(C)OB(c2ccc3c(c2)c2c4c5ccccc5n(-c5ccccc5)c4ccc2n3-c2ccccc2)OC1(C)C.I.N#Cc1c(-c2ccccc2)nc(-c2ccccc2)nc1-c1ccc2c(c1)c1c3c4ccccc4n(-c4ccccc4)c3ccc1n2-c1ccccc1.[C-]#[N+]c1c(Cl)nc(-c2ccccc2)nc1-c1ccccc1. The zero-order valence-electron chi connectivity index (χ0n) is 63.1. The van der Waals surface area contributed by atoms with Crippen LogP contribution >= 0.6 is 35.6 Å². The third-order valence-corrected chi connectivity index (χ3v) is 22.4. The van der Waals surface area contributed by atoms with Crippen molar-refractivity contribution in [2.45, 2.75) is 46.3 Å². The third-order valence-electron chi connectivity index (χ3n) is 22.1. The number of para-hydroxylation sites is 6. The lowest BCUT2D eigenvalue weighted by Crippen LogP contribution is -2.41. The summed E-state index contributed by atoms with van der Waals surface area (Å²) in [6.07, 6.45) is 0. The summed E-state index contributed by atoms with van der Waals surface area (Å²) in [6.45, 7) is 15.7. The molecule has 116 heavy (non-hydrogen) atoms. The van der Waals surface area contributed by atoms with E-state index in [2.05, 4.69) is 291 Å². The van der Waals surface area contributed by atoms with Gasteiger partial charge in [-0.1, -0.05) is 268 Å². The van der Waals surface area contributed by atoms with E-state index in [9.17, 15) is 5.26 Å². The average Bonchev–Trinajstić information content (AvgIpc) is 1.55. The molecule has 0 spiro atoms. The first-order valence-electron chi connectivity index (χ1n) is 38.0. The Bertz CT molecular complexity index is 7180. The lowest BCUT2D eigenvalue weighted by molar-refractivity contribution is 0.00578. The molecule has 1 saturated heterocycles. The van der Waals surface area contributed by atoms with Crippen molar-refractivity contribution in [1.82, 2.24) is 38.2 Å². The highest BCUT2D eigenvalue weighted by Gasteiger charge is 2.52. The van der Waals surface area contributed by atoms with Gasteiger partial charge in [-0.3, -0.25) is 0 Å². The molecule has 0 amide bonds. The van der Waals surface area contributed by atoms with Gasteiger partial charge in [0.2, 0.25) is 5.69 Å². The molecule has 21 rings (SSSR count). The van der Waals surface area contributed by atoms with Crippen molar-refractivity contribution in [3.63, 3.8) is 0 Å². The Kier molecular flexibility index (Phi) is 20.1. The number of halogens is 2. The number of benzene rings is 14. The average molecular weight is 1630 g/mol. The number of nitriles is 1. The van der Waals surface area contributed by atoms with Crippen molar-refractivity contribution >= 4 is 141 Å². The molecule has 0 aliphatic carbocycles. The van der Waals surface area contributed by atoms with Crippen LogP contribution in [0.5, 0.6) is 0 Å². The molecular weight excluding hydrogens is 1560 g/mol. The highest BCUT2D eigenvalue weighted by Crippen LogP contribution is 2.47. The van der Waals surface area contributed by atoms with Crippen LogP contribution in [0.15, 0.2) is 352 Å². The van der Waals surface area contributed by atoms with E-state index in [4.69, 9.17) is 37.4 Å². The molecule has 1 aliphatic heterocycles. The molecule has 558 valence electrons. The topological polar surface area (TPSA) is 118 Å². The summed E-state index contributed by atoms with van der Waals surface area (Å²) in [5, 5.41) is 20.5. The van der Waals surface area contributed by atoms with Gasteiger partial charge in [-0.15, -0.1) is 24.0 Å². The maximum atomic E-state index is 10.8. The second kappa shape index (κ2) is 31.1. The standard InChI is InChI=1S/C47H29N5.C36H31BN2O2.C17H10ClN3.CH4.HI/c48-30-38-45(31-15-5-1-6-16-31)49-47(32-17-7-2-8-18-32)50-46(38)33-25-26-40-37(29-33)44-42(52(40)35-21-11-4-12-22-35)28-27-41-43(44)36-23-13-14-24-39(36)51(41)34-19-9-3-10-20-34;1-35(2)36(3,4)41-37(40-35)24-19-20-30-28(23-24)34-32(39(30)26-15-9-6-10-16-26)22-21-31-33(34)27-17-11-12-18-29(27)38(31)25-13-7-5-8-14-25;1-19-15-14(12-8-4-2-5-9-12)20-17(21-16(15)18)13-10-6-3-7-11-13;;/h1-29H;5-23H,1-4H3;2-11H;1H4;1H. The predicted octanol–water partition coefficient (Wildman–Crippen LogP) is 26.0. The second-order valence-electron chi connectivity index (χ2n) is 29.4. The van der Waals surface area contributed by atoms with E-state index in [1.807, 2.05) is 127 Å². The number of rotatable bonds is 10. The van der Waals surface area contributed by atoms with E-state index in [-0.39, 0.29) is 42.2 Å². The molecule has 7 heterocycles. The number of hydrogen-bond donors (Lipinski definition) is 0. The van der Waals surface area contributed by atoms with Gasteiger partial charge in [0.05, 0.1) is 79.0 Å². The Balaban J connectivity index is 0.000000135. The van der Waals surface area contributed by atoms with Gasteiger partial charge in [-0.2, -0.15) is 5.26 Å². The Morgan fingerprint density at radius 2 is 0.647 bits per heavy atom. The van der Waals surface area contributed by atoms with Crippen molar-refractivity contribution < 1.29 is 9.31 Å². The zero-order valence-corrected chi connectivity index (χ0v) is 66.2. The molecule has 14 aromatic carbocycles. The minimum Gasteiger partial charge on any atom is -0.399 e. The first-order chi connectivity index (χ1) is 55.9. The fourth-order valence-electron chi connectivity index (χ4n) is 16.2. The monoisotopic (exact) mass is 1630 g/mol. The van der Waals surface area contributed by atoms with Crippen LogP contribution in [0.4, 0.5) is 5.69 Å². The van der Waals surface area contributed by atoms with E-state index in [0.29, 0.717) is 34.3 Å². The van der Waals surface area contributed by atoms with E-state index in [1.54, 1.807) is 0 Å². The maximum absolute atomic E-state index is 10.8. The molecule has 0 radical (unpaired) electrons. The van der Waals surface area contributed by atoms with Crippen molar-refractivity contribution in [1.29, 1.82) is 5.26 Å². The fourth-order valence-corrected chi connectivity index (χ4v) is 16.4. The smallest absolute Gasteiger partial charge is 0.399 e. The lowest BCUT2D eigenvalue weighted by Gasteiger charge is -2.32. The molecule has 0 unspecified atom stereocenters. The minimum absolute atomic E-state index is 0. The molecule has 12 nitrogen and oxygen atoms in total. The van der Waals surface area contributed by atoms with E-state index in [1.165, 1.54) is 48.9 Å². The molecule has 6 aromatic heterocycles. The maximum Gasteiger partial charge on any atom is 0.494 e. The molecule has 1 fully saturated rings. The summed E-state index contributed by atoms with van der Waals surface area (Å²) in [5.74, 6) is 1.10. The van der Waals surface area contributed by atoms with Gasteiger partial charge >= 0.3 is 7.12 Å². The van der Waals surface area contributed by atoms with Gasteiger partial charge in [0.25, 0.3) is 0 Å². The minimum atomic E-state index is -0.426. The van der Waals surface area contributed by atoms with Crippen molar-refractivity contribution in [2.75, 3.05) is 0 Å². The van der Waals surface area contributed by atoms with Crippen LogP contribution in [-0.2, 0) is 9.31 Å². The van der Waals surface area contributed by atoms with Gasteiger partial charge in [0.15, 0.2) is 11.6 Å². The normalized spacial score (nSPS) is 12.8. The number of fused-ring (bicyclic) bond motifs is 14. The Hall–Kier alpha value is -13.6. The van der Waals surface area contributed by atoms with E-state index in [0.717, 1.165) is 94.4 Å². The largest absolute Gasteiger partial charge is 0.494 e. The van der Waals surface area contributed by atoms with Crippen LogP contribution in [0.25, 0.3) is 171 Å². The predicted molar refractivity (Wildman–Crippen MR) is 489 cm³/mol. The van der Waals surface area contributed by atoms with Crippen LogP contribution < -0.4 is 5.46 Å². The summed E-state index contributed by atoms with van der Waals surface area (Å²) in [7, 11) is -0.426. The van der Waals surface area contributed by atoms with Crippen LogP contribution in [0, 0.1) is 17.9 Å². The first-order valence-corrected chi connectivity index (χ1v) is 38.4. The second-order valence-corrected chi connectivity index (χ2v) is 29.7. The number of hydrogen-bond acceptors (Lipinski definition) is 7. The Morgan fingerprint density at radius 3 is 1.04 bits per heavy atom. The Morgan fingerprint density at radius 1 is 0.345 bits per heavy atom. The molecule has 0 atom stereocenters. The van der Waals surface area contributed by atoms with Gasteiger partial charge < -0.3 is 27.6 Å². The summed E-state index contributed by atoms with van der Waals surface area (Å²) in [4.78, 5) is 22.4. The van der Waals surface area contributed by atoms with Gasteiger partial charge in [0.1, 0.15) is 16.8 Å². The Labute approximate surface area is 694 Å². The first kappa shape index (κ1) is 75.1. The summed E-state index contributed by atoms with van der Waals surface area (Å²) in [5.41, 5.74) is 20.8. The highest BCUT2D eigenvalue weighted by atomic mass is 127. The molecular formula is C101H75BClIN10O2. The van der Waals surface area contributed by atoms with Crippen molar-refractivity contribution in [3.8, 4) is 85.4 Å². The number of nitrogens with zero attached hydrogens (tertiary/aromatic N) is 10. The van der Waals surface area contributed by atoms with Gasteiger partial charge in [-0.05, 0) is 142 Å². The van der Waals surface area contributed by atoms with Crippen LogP contribution in [-0.4, -0.2) is 56.5 Å². The molecule has 0 N–H and O–H groups in total. The van der Waals surface area contributed by atoms with Gasteiger partial charge in [-0.25, -0.2) is 24.8 Å². The number of aromatic nitrogens is 8. The summed E-state index contributed by atoms with van der Waals surface area (Å²) in [6, 6.07) is 123. The lowest BCUT2D eigenvalue weighted by atomic mass is 9.78. The third kappa shape index (κ3) is 13.1. The summed E-state index contributed by atoms with van der Waals surface area (Å²) < 4.78 is 22.4. The van der Waals surface area contributed by atoms with Crippen molar-refractivity contribution in [2.24, 2.45) is 0 Å². The van der Waals surface area contributed by atoms with Gasteiger partial charge in [0, 0.05) is 88.1 Å². The van der Waals surface area contributed by atoms with Crippen LogP contribution in [0.2, 0.25) is 5.15 Å². The molecule has 0 bridgehead atoms. The van der Waals surface area contributed by atoms with Crippen LogP contribution in [0.1, 0.15) is 40.7 Å². The van der Waals surface area contributed by atoms with Crippen LogP contribution in [0.3, 0.4) is 0 Å². The highest BCUT2D eigenvalue weighted by molar-refractivity contribution is 14.0. The summed E-state index contributed by atoms with van der Waals surface area (Å²) >= 11 is 6.17.